The summed E-state index contributed by atoms with van der Waals surface area (Å²) in [5.41, 5.74) is 0.531. The number of amides is 1. The molecule has 1 aliphatic carbocycles. The number of anilines is 1. The van der Waals surface area contributed by atoms with Gasteiger partial charge in [-0.05, 0) is 30.5 Å². The summed E-state index contributed by atoms with van der Waals surface area (Å²) in [4.78, 5) is 28.3. The molecule has 198 valence electrons. The molecule has 0 spiro atoms. The standard InChI is InChI=1S/C23H31N3O7S3/c1-3-26(15-32-2)36(30,31)18-11-9-16(10-12-18)21(33-17-7-5-4-6-8-17)22(29)25-23-24-13-20(35-23)34-14-19(27)28/h9-13,17,21H,3-8,14-15H2,1-2H3,(H,27,28)(H,24,25,29). The van der Waals surface area contributed by atoms with Crippen LogP contribution in [0.4, 0.5) is 5.13 Å². The Balaban J connectivity index is 1.80. The van der Waals surface area contributed by atoms with Gasteiger partial charge in [-0.15, -0.1) is 11.8 Å². The van der Waals surface area contributed by atoms with Gasteiger partial charge in [0.1, 0.15) is 6.73 Å². The highest BCUT2D eigenvalue weighted by Crippen LogP contribution is 2.32. The van der Waals surface area contributed by atoms with Gasteiger partial charge in [0.2, 0.25) is 10.0 Å². The number of hydrogen-bond donors (Lipinski definition) is 2. The van der Waals surface area contributed by atoms with Gasteiger partial charge in [0, 0.05) is 13.7 Å². The zero-order valence-corrected chi connectivity index (χ0v) is 22.7. The minimum absolute atomic E-state index is 0.0586. The highest BCUT2D eigenvalue weighted by Gasteiger charge is 2.29. The molecule has 0 aliphatic heterocycles. The molecule has 1 aromatic heterocycles. The Morgan fingerprint density at radius 2 is 1.94 bits per heavy atom. The smallest absolute Gasteiger partial charge is 0.313 e. The lowest BCUT2D eigenvalue weighted by atomic mass is 9.97. The molecule has 2 aromatic rings. The monoisotopic (exact) mass is 557 g/mol. The number of thiazole rings is 1. The Kier molecular flexibility index (Phi) is 10.7. The van der Waals surface area contributed by atoms with Gasteiger partial charge in [-0.2, -0.15) is 4.31 Å². The van der Waals surface area contributed by atoms with Crippen molar-refractivity contribution in [3.8, 4) is 0 Å². The first-order chi connectivity index (χ1) is 17.2. The van der Waals surface area contributed by atoms with Crippen molar-refractivity contribution in [2.24, 2.45) is 0 Å². The molecular weight excluding hydrogens is 526 g/mol. The molecule has 10 nitrogen and oxygen atoms in total. The third-order valence-electron chi connectivity index (χ3n) is 5.62. The minimum Gasteiger partial charge on any atom is -0.481 e. The number of nitrogens with zero attached hydrogens (tertiary/aromatic N) is 2. The van der Waals surface area contributed by atoms with Crippen molar-refractivity contribution in [3.63, 3.8) is 0 Å². The molecule has 36 heavy (non-hydrogen) atoms. The van der Waals surface area contributed by atoms with Crippen molar-refractivity contribution in [2.75, 3.05) is 31.5 Å². The molecule has 1 fully saturated rings. The van der Waals surface area contributed by atoms with Crippen LogP contribution in [0.1, 0.15) is 50.7 Å². The van der Waals surface area contributed by atoms with Crippen molar-refractivity contribution < 1.29 is 32.6 Å². The minimum atomic E-state index is -3.75. The van der Waals surface area contributed by atoms with Crippen LogP contribution < -0.4 is 5.32 Å². The van der Waals surface area contributed by atoms with Gasteiger partial charge in [0.05, 0.1) is 27.2 Å². The Morgan fingerprint density at radius 3 is 2.56 bits per heavy atom. The summed E-state index contributed by atoms with van der Waals surface area (Å²) in [6.07, 6.45) is 5.38. The molecule has 0 radical (unpaired) electrons. The van der Waals surface area contributed by atoms with Gasteiger partial charge >= 0.3 is 5.97 Å². The number of sulfonamides is 1. The summed E-state index contributed by atoms with van der Waals surface area (Å²) in [5, 5.41) is 12.0. The molecule has 1 unspecified atom stereocenters. The fourth-order valence-corrected chi connectivity index (χ4v) is 6.77. The summed E-state index contributed by atoms with van der Waals surface area (Å²) < 4.78 is 38.9. The topological polar surface area (TPSA) is 135 Å². The predicted octanol–water partition coefficient (Wildman–Crippen LogP) is 3.96. The van der Waals surface area contributed by atoms with Crippen LogP contribution in [0.3, 0.4) is 0 Å². The molecular formula is C23H31N3O7S3. The van der Waals surface area contributed by atoms with E-state index >= 15 is 0 Å². The largest absolute Gasteiger partial charge is 0.481 e. The molecule has 1 aromatic carbocycles. The first kappa shape index (κ1) is 28.5. The average Bonchev–Trinajstić information content (AvgIpc) is 3.32. The lowest BCUT2D eigenvalue weighted by Gasteiger charge is -2.27. The lowest BCUT2D eigenvalue weighted by molar-refractivity contribution is -0.134. The number of rotatable bonds is 13. The fraction of sp³-hybridized carbons (Fsp3) is 0.522. The Morgan fingerprint density at radius 1 is 1.25 bits per heavy atom. The van der Waals surface area contributed by atoms with Crippen LogP contribution in [-0.2, 0) is 29.1 Å². The molecule has 0 bridgehead atoms. The maximum Gasteiger partial charge on any atom is 0.313 e. The van der Waals surface area contributed by atoms with Crippen LogP contribution in [0, 0.1) is 0 Å². The predicted molar refractivity (Wildman–Crippen MR) is 138 cm³/mol. The summed E-state index contributed by atoms with van der Waals surface area (Å²) in [6.45, 7) is 1.93. The molecule has 1 heterocycles. The second-order valence-corrected chi connectivity index (χ2v) is 12.4. The Hall–Kier alpha value is -2.03. The van der Waals surface area contributed by atoms with E-state index in [4.69, 9.17) is 14.6 Å². The van der Waals surface area contributed by atoms with Crippen LogP contribution in [0.25, 0.3) is 0 Å². The van der Waals surface area contributed by atoms with Gasteiger partial charge in [0.15, 0.2) is 11.2 Å². The number of ether oxygens (including phenoxy) is 2. The van der Waals surface area contributed by atoms with Crippen LogP contribution in [0.5, 0.6) is 0 Å². The second kappa shape index (κ2) is 13.5. The molecule has 13 heteroatoms. The van der Waals surface area contributed by atoms with Crippen molar-refractivity contribution in [2.45, 2.75) is 60.3 Å². The molecule has 3 rings (SSSR count). The number of benzene rings is 1. The Labute approximate surface area is 219 Å². The van der Waals surface area contributed by atoms with Crippen molar-refractivity contribution in [3.05, 3.63) is 36.0 Å². The van der Waals surface area contributed by atoms with Crippen molar-refractivity contribution >= 4 is 50.1 Å². The zero-order valence-electron chi connectivity index (χ0n) is 20.2. The Bertz CT molecular complexity index is 1120. The first-order valence-electron chi connectivity index (χ1n) is 11.6. The van der Waals surface area contributed by atoms with Gasteiger partial charge < -0.3 is 14.6 Å². The number of aromatic nitrogens is 1. The van der Waals surface area contributed by atoms with Crippen LogP contribution >= 0.6 is 23.1 Å². The van der Waals surface area contributed by atoms with Crippen molar-refractivity contribution in [1.82, 2.24) is 9.29 Å². The number of nitrogens with one attached hydrogen (secondary N) is 1. The maximum atomic E-state index is 13.3. The normalized spacial score (nSPS) is 15.6. The highest BCUT2D eigenvalue weighted by atomic mass is 32.2. The average molecular weight is 558 g/mol. The molecule has 2 N–H and O–H groups in total. The second-order valence-electron chi connectivity index (χ2n) is 8.19. The van der Waals surface area contributed by atoms with Gasteiger partial charge in [-0.25, -0.2) is 13.4 Å². The first-order valence-corrected chi connectivity index (χ1v) is 14.8. The number of carboxylic acid groups (broad SMARTS) is 1. The van der Waals surface area contributed by atoms with Crippen LogP contribution in [0.2, 0.25) is 0 Å². The van der Waals surface area contributed by atoms with Crippen LogP contribution in [-0.4, -0.2) is 66.9 Å². The van der Waals surface area contributed by atoms with Crippen molar-refractivity contribution in [1.29, 1.82) is 0 Å². The third-order valence-corrected chi connectivity index (χ3v) is 9.62. The zero-order chi connectivity index (χ0) is 26.1. The summed E-state index contributed by atoms with van der Waals surface area (Å²) in [7, 11) is -2.31. The number of carbonyl (C=O) groups excluding carboxylic acids is 1. The van der Waals surface area contributed by atoms with E-state index in [-0.39, 0.29) is 30.0 Å². The number of methoxy groups -OCH3 is 1. The fourth-order valence-electron chi connectivity index (χ4n) is 3.81. The number of hydrogen-bond acceptors (Lipinski definition) is 9. The SMILES string of the molecule is CCN(COC)S(=O)(=O)c1ccc(C(OC2CCCCC2)C(=O)Nc2ncc(SCC(=O)O)s2)cc1. The number of thioether (sulfide) groups is 1. The number of carboxylic acids is 1. The van der Waals surface area contributed by atoms with Crippen LogP contribution in [0.15, 0.2) is 39.6 Å². The molecule has 1 aliphatic rings. The van der Waals surface area contributed by atoms with Gasteiger partial charge in [-0.1, -0.05) is 49.7 Å². The molecule has 1 atom stereocenters. The quantitative estimate of drug-likeness (QED) is 0.277. The summed E-state index contributed by atoms with van der Waals surface area (Å²) in [6, 6.07) is 6.13. The lowest BCUT2D eigenvalue weighted by Crippen LogP contribution is -2.32. The summed E-state index contributed by atoms with van der Waals surface area (Å²) >= 11 is 2.31. The molecule has 1 amide bonds. The molecule has 1 saturated carbocycles. The van der Waals surface area contributed by atoms with Gasteiger partial charge in [-0.3, -0.25) is 14.9 Å². The summed E-state index contributed by atoms with van der Waals surface area (Å²) in [5.74, 6) is -1.46. The third kappa shape index (κ3) is 7.73. The van der Waals surface area contributed by atoms with Gasteiger partial charge in [0.25, 0.3) is 5.91 Å². The maximum absolute atomic E-state index is 13.3. The van der Waals surface area contributed by atoms with E-state index in [1.54, 1.807) is 19.1 Å². The van der Waals surface area contributed by atoms with E-state index < -0.39 is 28.0 Å². The number of carbonyl (C=O) groups is 2. The van der Waals surface area contributed by atoms with E-state index in [1.165, 1.54) is 41.1 Å². The van der Waals surface area contributed by atoms with E-state index in [0.29, 0.717) is 14.9 Å². The highest BCUT2D eigenvalue weighted by molar-refractivity contribution is 8.01. The molecule has 0 saturated heterocycles. The van der Waals surface area contributed by atoms with E-state index in [1.807, 2.05) is 0 Å². The van der Waals surface area contributed by atoms with E-state index in [0.717, 1.165) is 43.9 Å². The van der Waals surface area contributed by atoms with E-state index in [2.05, 4.69) is 10.3 Å². The van der Waals surface area contributed by atoms with E-state index in [9.17, 15) is 18.0 Å². The number of aliphatic carboxylic acids is 1.